The van der Waals surface area contributed by atoms with Gasteiger partial charge >= 0.3 is 0 Å². The quantitative estimate of drug-likeness (QED) is 0.678. The summed E-state index contributed by atoms with van der Waals surface area (Å²) < 4.78 is 0. The summed E-state index contributed by atoms with van der Waals surface area (Å²) in [5, 5.41) is 19.3. The van der Waals surface area contributed by atoms with Gasteiger partial charge in [-0.05, 0) is 60.9 Å². The van der Waals surface area contributed by atoms with Crippen LogP contribution in [0.1, 0.15) is 29.6 Å². The monoisotopic (exact) mass is 352 g/mol. The molecule has 25 heavy (non-hydrogen) atoms. The minimum atomic E-state index is 0.00792. The first-order valence-electron chi connectivity index (χ1n) is 8.77. The first kappa shape index (κ1) is 15.1. The second-order valence-corrected chi connectivity index (χ2v) is 7.97. The number of hydrogen-bond acceptors (Lipinski definition) is 4. The predicted molar refractivity (Wildman–Crippen MR) is 99.8 cm³/mol. The molecule has 1 saturated heterocycles. The van der Waals surface area contributed by atoms with Crippen molar-refractivity contribution in [1.29, 1.82) is 0 Å². The van der Waals surface area contributed by atoms with E-state index >= 15 is 0 Å². The molecule has 128 valence electrons. The zero-order valence-electron chi connectivity index (χ0n) is 13.8. The molecule has 2 aromatic heterocycles. The summed E-state index contributed by atoms with van der Waals surface area (Å²) in [4.78, 5) is 12.7. The number of amides is 1. The first-order chi connectivity index (χ1) is 12.3. The van der Waals surface area contributed by atoms with Crippen molar-refractivity contribution in [2.45, 2.75) is 25.3 Å². The Morgan fingerprint density at radius 3 is 3.00 bits per heavy atom. The fourth-order valence-corrected chi connectivity index (χ4v) is 4.60. The van der Waals surface area contributed by atoms with Crippen LogP contribution >= 0.6 is 11.3 Å². The van der Waals surface area contributed by atoms with E-state index in [0.717, 1.165) is 35.2 Å². The molecule has 1 aliphatic heterocycles. The highest BCUT2D eigenvalue weighted by molar-refractivity contribution is 7.08. The molecule has 5 nitrogen and oxygen atoms in total. The van der Waals surface area contributed by atoms with E-state index in [1.807, 2.05) is 23.6 Å². The van der Waals surface area contributed by atoms with Gasteiger partial charge in [0.15, 0.2) is 0 Å². The van der Waals surface area contributed by atoms with Gasteiger partial charge in [0, 0.05) is 34.5 Å². The van der Waals surface area contributed by atoms with E-state index in [0.29, 0.717) is 11.0 Å². The highest BCUT2D eigenvalue weighted by atomic mass is 32.1. The molecule has 1 spiro atoms. The predicted octanol–water partition coefficient (Wildman–Crippen LogP) is 3.16. The largest absolute Gasteiger partial charge is 0.347 e. The highest BCUT2D eigenvalue weighted by Crippen LogP contribution is 2.52. The van der Waals surface area contributed by atoms with Crippen LogP contribution in [0.4, 0.5) is 0 Å². The number of carbonyl (C=O) groups is 1. The molecule has 6 heteroatoms. The molecule has 0 radical (unpaired) electrons. The van der Waals surface area contributed by atoms with Crippen molar-refractivity contribution in [2.75, 3.05) is 13.1 Å². The topological polar surface area (TPSA) is 69.8 Å². The maximum absolute atomic E-state index is 12.7. The lowest BCUT2D eigenvalue weighted by molar-refractivity contribution is 0.0903. The fourth-order valence-electron chi connectivity index (χ4n) is 3.96. The molecular weight excluding hydrogens is 332 g/mol. The van der Waals surface area contributed by atoms with E-state index in [2.05, 4.69) is 32.3 Å². The first-order valence-corrected chi connectivity index (χ1v) is 9.72. The molecule has 1 aromatic carbocycles. The molecule has 0 unspecified atom stereocenters. The number of H-pyrrole nitrogens is 1. The molecular formula is C19H20N4OS. The standard InChI is InChI=1S/C19H20N4OS/c24-18(21-16-10-20-7-6-19(16)4-5-19)12-1-2-14-15(9-12)22-23-17(14)13-3-8-25-11-13/h1-3,8-9,11,16,20H,4-7,10H2,(H,21,24)(H,22,23)/t16-/m0/s1. The molecule has 3 heterocycles. The van der Waals surface area contributed by atoms with Gasteiger partial charge in [0.25, 0.3) is 5.91 Å². The Hall–Kier alpha value is -2.18. The number of hydrogen-bond donors (Lipinski definition) is 3. The number of piperidine rings is 1. The molecule has 1 atom stereocenters. The van der Waals surface area contributed by atoms with Gasteiger partial charge in [0.2, 0.25) is 0 Å². The van der Waals surface area contributed by atoms with Crippen LogP contribution in [0, 0.1) is 5.41 Å². The number of thiophene rings is 1. The van der Waals surface area contributed by atoms with Gasteiger partial charge in [-0.1, -0.05) is 0 Å². The summed E-state index contributed by atoms with van der Waals surface area (Å²) in [6.45, 7) is 1.94. The molecule has 2 aliphatic rings. The van der Waals surface area contributed by atoms with Crippen LogP contribution < -0.4 is 10.6 Å². The average Bonchev–Trinajstić information content (AvgIpc) is 3.05. The lowest BCUT2D eigenvalue weighted by Crippen LogP contribution is -2.52. The van der Waals surface area contributed by atoms with Gasteiger partial charge in [-0.15, -0.1) is 0 Å². The summed E-state index contributed by atoms with van der Waals surface area (Å²) in [6, 6.07) is 8.11. The van der Waals surface area contributed by atoms with Crippen molar-refractivity contribution in [3.05, 3.63) is 40.6 Å². The van der Waals surface area contributed by atoms with Crippen LogP contribution in [0.25, 0.3) is 22.2 Å². The number of fused-ring (bicyclic) bond motifs is 1. The zero-order chi connectivity index (χ0) is 16.9. The number of benzene rings is 1. The van der Waals surface area contributed by atoms with Crippen LogP contribution in [0.15, 0.2) is 35.0 Å². The van der Waals surface area contributed by atoms with E-state index in [-0.39, 0.29) is 11.9 Å². The summed E-state index contributed by atoms with van der Waals surface area (Å²) in [5.41, 5.74) is 3.99. The maximum Gasteiger partial charge on any atom is 0.251 e. The maximum atomic E-state index is 12.7. The third kappa shape index (κ3) is 2.56. The van der Waals surface area contributed by atoms with Crippen molar-refractivity contribution in [1.82, 2.24) is 20.8 Å². The summed E-state index contributed by atoms with van der Waals surface area (Å²) in [7, 11) is 0. The fraction of sp³-hybridized carbons (Fsp3) is 0.368. The lowest BCUT2D eigenvalue weighted by atomic mass is 9.89. The van der Waals surface area contributed by atoms with E-state index in [4.69, 9.17) is 0 Å². The van der Waals surface area contributed by atoms with E-state index in [9.17, 15) is 4.79 Å². The van der Waals surface area contributed by atoms with Gasteiger partial charge < -0.3 is 10.6 Å². The van der Waals surface area contributed by atoms with E-state index in [1.165, 1.54) is 19.3 Å². The van der Waals surface area contributed by atoms with Crippen molar-refractivity contribution in [3.8, 4) is 11.3 Å². The van der Waals surface area contributed by atoms with Crippen molar-refractivity contribution in [2.24, 2.45) is 5.41 Å². The average molecular weight is 352 g/mol. The summed E-state index contributed by atoms with van der Waals surface area (Å²) in [6.07, 6.45) is 3.65. The third-order valence-electron chi connectivity index (χ3n) is 5.70. The van der Waals surface area contributed by atoms with E-state index < -0.39 is 0 Å². The number of carbonyl (C=O) groups excluding carboxylic acids is 1. The molecule has 5 rings (SSSR count). The molecule has 1 saturated carbocycles. The summed E-state index contributed by atoms with van der Waals surface area (Å²) >= 11 is 1.66. The lowest BCUT2D eigenvalue weighted by Gasteiger charge is -2.33. The third-order valence-corrected chi connectivity index (χ3v) is 6.39. The number of nitrogens with one attached hydrogen (secondary N) is 3. The summed E-state index contributed by atoms with van der Waals surface area (Å²) in [5.74, 6) is 0.00792. The van der Waals surface area contributed by atoms with Gasteiger partial charge in [0.1, 0.15) is 5.69 Å². The van der Waals surface area contributed by atoms with Gasteiger partial charge in [-0.3, -0.25) is 9.89 Å². The Balaban J connectivity index is 1.40. The van der Waals surface area contributed by atoms with Gasteiger partial charge in [-0.25, -0.2) is 0 Å². The Kier molecular flexibility index (Phi) is 3.43. The van der Waals surface area contributed by atoms with Crippen molar-refractivity contribution in [3.63, 3.8) is 0 Å². The van der Waals surface area contributed by atoms with E-state index in [1.54, 1.807) is 11.3 Å². The molecule has 2 fully saturated rings. The Bertz CT molecular complexity index is 926. The number of nitrogens with zero attached hydrogens (tertiary/aromatic N) is 1. The molecule has 3 N–H and O–H groups in total. The zero-order valence-corrected chi connectivity index (χ0v) is 14.7. The number of aromatic amines is 1. The molecule has 1 aliphatic carbocycles. The minimum absolute atomic E-state index is 0.00792. The van der Waals surface area contributed by atoms with Crippen molar-refractivity contribution >= 4 is 28.1 Å². The van der Waals surface area contributed by atoms with Gasteiger partial charge in [-0.2, -0.15) is 16.4 Å². The van der Waals surface area contributed by atoms with Crippen LogP contribution in [-0.4, -0.2) is 35.2 Å². The Labute approximate surface area is 149 Å². The smallest absolute Gasteiger partial charge is 0.251 e. The minimum Gasteiger partial charge on any atom is -0.347 e. The second kappa shape index (κ2) is 5.68. The number of rotatable bonds is 3. The molecule has 1 amide bonds. The number of aromatic nitrogens is 2. The van der Waals surface area contributed by atoms with Crippen LogP contribution in [-0.2, 0) is 0 Å². The normalized spacial score (nSPS) is 21.5. The SMILES string of the molecule is O=C(N[C@H]1CNCCC12CC2)c1ccc2c(-c3ccsc3)n[nH]c2c1. The van der Waals surface area contributed by atoms with Gasteiger partial charge in [0.05, 0.1) is 5.52 Å². The highest BCUT2D eigenvalue weighted by Gasteiger charge is 2.50. The Morgan fingerprint density at radius 1 is 1.28 bits per heavy atom. The Morgan fingerprint density at radius 2 is 2.20 bits per heavy atom. The van der Waals surface area contributed by atoms with Crippen LogP contribution in [0.3, 0.4) is 0 Å². The van der Waals surface area contributed by atoms with Crippen LogP contribution in [0.2, 0.25) is 0 Å². The van der Waals surface area contributed by atoms with Crippen molar-refractivity contribution < 1.29 is 4.79 Å². The molecule has 0 bridgehead atoms. The molecule has 3 aromatic rings. The second-order valence-electron chi connectivity index (χ2n) is 7.19. The van der Waals surface area contributed by atoms with Crippen LogP contribution in [0.5, 0.6) is 0 Å².